The smallest absolute Gasteiger partial charge is 0.267 e. The molecule has 6 nitrogen and oxygen atoms in total. The van der Waals surface area contributed by atoms with Gasteiger partial charge in [0.2, 0.25) is 10.0 Å². The van der Waals surface area contributed by atoms with Gasteiger partial charge in [0.1, 0.15) is 10.6 Å². The van der Waals surface area contributed by atoms with Crippen molar-refractivity contribution >= 4 is 15.9 Å². The Morgan fingerprint density at radius 1 is 1.23 bits per heavy atom. The molecule has 2 N–H and O–H groups in total. The Morgan fingerprint density at radius 3 is 2.55 bits per heavy atom. The van der Waals surface area contributed by atoms with Gasteiger partial charge in [-0.2, -0.15) is 0 Å². The number of nitrogens with one attached hydrogen (secondary N) is 2. The van der Waals surface area contributed by atoms with E-state index in [0.717, 1.165) is 12.0 Å². The predicted molar refractivity (Wildman–Crippen MR) is 84.1 cm³/mol. The molecular weight excluding hydrogens is 302 g/mol. The Kier molecular flexibility index (Phi) is 4.99. The lowest BCUT2D eigenvalue weighted by molar-refractivity contribution is 0.0946. The number of benzene rings is 1. The number of aromatic nitrogens is 1. The van der Waals surface area contributed by atoms with E-state index in [2.05, 4.69) is 10.0 Å². The van der Waals surface area contributed by atoms with Crippen molar-refractivity contribution in [2.24, 2.45) is 7.05 Å². The van der Waals surface area contributed by atoms with Gasteiger partial charge in [0.05, 0.1) is 0 Å². The monoisotopic (exact) mass is 321 g/mol. The van der Waals surface area contributed by atoms with Gasteiger partial charge in [0.15, 0.2) is 0 Å². The molecule has 1 amide bonds. The highest BCUT2D eigenvalue weighted by Crippen LogP contribution is 2.13. The van der Waals surface area contributed by atoms with Crippen LogP contribution in [0, 0.1) is 0 Å². The van der Waals surface area contributed by atoms with Crippen molar-refractivity contribution in [2.45, 2.75) is 11.3 Å². The molecule has 0 aliphatic rings. The van der Waals surface area contributed by atoms with Crippen LogP contribution in [0.5, 0.6) is 0 Å². The summed E-state index contributed by atoms with van der Waals surface area (Å²) in [5, 5.41) is 2.80. The molecule has 22 heavy (non-hydrogen) atoms. The van der Waals surface area contributed by atoms with E-state index in [0.29, 0.717) is 12.2 Å². The van der Waals surface area contributed by atoms with Crippen LogP contribution in [0.4, 0.5) is 0 Å². The minimum absolute atomic E-state index is 0.0747. The molecule has 1 aromatic heterocycles. The van der Waals surface area contributed by atoms with Gasteiger partial charge >= 0.3 is 0 Å². The summed E-state index contributed by atoms with van der Waals surface area (Å²) in [7, 11) is -0.573. The number of hydrogen-bond donors (Lipinski definition) is 2. The Hall–Kier alpha value is -2.12. The topological polar surface area (TPSA) is 80.2 Å². The van der Waals surface area contributed by atoms with Crippen molar-refractivity contribution in [3.05, 3.63) is 53.9 Å². The van der Waals surface area contributed by atoms with E-state index in [-0.39, 0.29) is 10.8 Å². The molecular formula is C15H19N3O3S. The summed E-state index contributed by atoms with van der Waals surface area (Å²) in [5.41, 5.74) is 1.44. The Labute approximate surface area is 130 Å². The molecule has 0 saturated heterocycles. The summed E-state index contributed by atoms with van der Waals surface area (Å²) < 4.78 is 27.2. The summed E-state index contributed by atoms with van der Waals surface area (Å²) >= 11 is 0. The molecule has 0 bridgehead atoms. The number of aryl methyl sites for hydroxylation is 1. The molecule has 0 aliphatic heterocycles. The summed E-state index contributed by atoms with van der Waals surface area (Å²) in [4.78, 5) is 12.2. The first kappa shape index (κ1) is 16.3. The Balaban J connectivity index is 2.01. The minimum Gasteiger partial charge on any atom is -0.350 e. The van der Waals surface area contributed by atoms with Gasteiger partial charge in [-0.05, 0) is 25.1 Å². The number of amides is 1. The van der Waals surface area contributed by atoms with E-state index >= 15 is 0 Å². The molecule has 2 aromatic rings. The van der Waals surface area contributed by atoms with Gasteiger partial charge in [-0.15, -0.1) is 0 Å². The van der Waals surface area contributed by atoms with E-state index in [9.17, 15) is 13.2 Å². The Morgan fingerprint density at radius 2 is 1.91 bits per heavy atom. The van der Waals surface area contributed by atoms with Crippen LogP contribution in [0.25, 0.3) is 0 Å². The van der Waals surface area contributed by atoms with Crippen LogP contribution in [-0.4, -0.2) is 32.5 Å². The van der Waals surface area contributed by atoms with Crippen LogP contribution in [0.15, 0.2) is 47.5 Å². The average molecular weight is 321 g/mol. The van der Waals surface area contributed by atoms with Crippen molar-refractivity contribution in [2.75, 3.05) is 13.6 Å². The third kappa shape index (κ3) is 3.75. The van der Waals surface area contributed by atoms with Gasteiger partial charge in [-0.1, -0.05) is 30.3 Å². The molecule has 0 fully saturated rings. The lowest BCUT2D eigenvalue weighted by atomic mass is 10.1. The largest absolute Gasteiger partial charge is 0.350 e. The van der Waals surface area contributed by atoms with Crippen molar-refractivity contribution in [1.82, 2.24) is 14.6 Å². The van der Waals surface area contributed by atoms with E-state index in [1.165, 1.54) is 23.9 Å². The van der Waals surface area contributed by atoms with Crippen LogP contribution in [0.2, 0.25) is 0 Å². The average Bonchev–Trinajstić information content (AvgIpc) is 2.91. The van der Waals surface area contributed by atoms with Crippen molar-refractivity contribution in [3.63, 3.8) is 0 Å². The maximum atomic E-state index is 12.1. The fourth-order valence-electron chi connectivity index (χ4n) is 2.08. The molecule has 7 heteroatoms. The van der Waals surface area contributed by atoms with Gasteiger partial charge < -0.3 is 9.88 Å². The molecule has 0 aliphatic carbocycles. The second kappa shape index (κ2) is 6.76. The Bertz CT molecular complexity index is 752. The number of carbonyl (C=O) groups excluding carboxylic acids is 1. The van der Waals surface area contributed by atoms with Crippen LogP contribution in [0.3, 0.4) is 0 Å². The quantitative estimate of drug-likeness (QED) is 0.830. The summed E-state index contributed by atoms with van der Waals surface area (Å²) in [6, 6.07) is 11.2. The van der Waals surface area contributed by atoms with Crippen LogP contribution >= 0.6 is 0 Å². The van der Waals surface area contributed by atoms with E-state index < -0.39 is 10.0 Å². The zero-order chi connectivity index (χ0) is 16.2. The normalized spacial score (nSPS) is 11.4. The highest BCUT2D eigenvalue weighted by molar-refractivity contribution is 7.89. The summed E-state index contributed by atoms with van der Waals surface area (Å²) in [5.74, 6) is -0.295. The molecule has 0 atom stereocenters. The van der Waals surface area contributed by atoms with Gasteiger partial charge in [0.25, 0.3) is 5.91 Å². The molecule has 0 radical (unpaired) electrons. The third-order valence-electron chi connectivity index (χ3n) is 3.33. The fraction of sp³-hybridized carbons (Fsp3) is 0.267. The number of nitrogens with zero attached hydrogens (tertiary/aromatic N) is 1. The highest BCUT2D eigenvalue weighted by Gasteiger charge is 2.18. The number of hydrogen-bond acceptors (Lipinski definition) is 3. The first-order valence-corrected chi connectivity index (χ1v) is 8.34. The summed E-state index contributed by atoms with van der Waals surface area (Å²) in [6.07, 6.45) is 2.14. The molecule has 0 saturated carbocycles. The molecule has 0 unspecified atom stereocenters. The first-order chi connectivity index (χ1) is 10.4. The SMILES string of the molecule is CNS(=O)(=O)c1cc(C(=O)NCCc2ccccc2)n(C)c1. The highest BCUT2D eigenvalue weighted by atomic mass is 32.2. The van der Waals surface area contributed by atoms with Crippen molar-refractivity contribution in [1.29, 1.82) is 0 Å². The standard InChI is InChI=1S/C15H19N3O3S/c1-16-22(20,21)13-10-14(18(2)11-13)15(19)17-9-8-12-6-4-3-5-7-12/h3-7,10-11,16H,8-9H2,1-2H3,(H,17,19). The summed E-state index contributed by atoms with van der Waals surface area (Å²) in [6.45, 7) is 0.488. The molecule has 0 spiro atoms. The van der Waals surface area contributed by atoms with Crippen LogP contribution < -0.4 is 10.0 Å². The lowest BCUT2D eigenvalue weighted by Gasteiger charge is -2.06. The minimum atomic E-state index is -3.55. The zero-order valence-corrected chi connectivity index (χ0v) is 13.4. The predicted octanol–water partition coefficient (Wildman–Crippen LogP) is 0.906. The molecule has 1 aromatic carbocycles. The van der Waals surface area contributed by atoms with Crippen LogP contribution in [0.1, 0.15) is 16.1 Å². The molecule has 2 rings (SSSR count). The van der Waals surface area contributed by atoms with Gasteiger partial charge in [-0.3, -0.25) is 4.79 Å². The number of sulfonamides is 1. The second-order valence-corrected chi connectivity index (χ2v) is 6.76. The van der Waals surface area contributed by atoms with Gasteiger partial charge in [0, 0.05) is 19.8 Å². The molecule has 1 heterocycles. The van der Waals surface area contributed by atoms with Crippen molar-refractivity contribution < 1.29 is 13.2 Å². The third-order valence-corrected chi connectivity index (χ3v) is 4.71. The van der Waals surface area contributed by atoms with Crippen LogP contribution in [-0.2, 0) is 23.5 Å². The van der Waals surface area contributed by atoms with Gasteiger partial charge in [-0.25, -0.2) is 13.1 Å². The maximum absolute atomic E-state index is 12.1. The lowest BCUT2D eigenvalue weighted by Crippen LogP contribution is -2.27. The number of rotatable bonds is 6. The van der Waals surface area contributed by atoms with Crippen molar-refractivity contribution in [3.8, 4) is 0 Å². The first-order valence-electron chi connectivity index (χ1n) is 6.86. The zero-order valence-electron chi connectivity index (χ0n) is 12.5. The number of carbonyl (C=O) groups is 1. The molecule has 118 valence electrons. The van der Waals surface area contributed by atoms with E-state index in [1.54, 1.807) is 7.05 Å². The van der Waals surface area contributed by atoms with E-state index in [1.807, 2.05) is 30.3 Å². The van der Waals surface area contributed by atoms with E-state index in [4.69, 9.17) is 0 Å². The maximum Gasteiger partial charge on any atom is 0.267 e. The second-order valence-electron chi connectivity index (χ2n) is 4.87. The fourth-order valence-corrected chi connectivity index (χ4v) is 2.88.